The molecular weight excluding hydrogens is 283 g/mol. The number of hydrogen-bond acceptors (Lipinski definition) is 0. The topological polar surface area (TPSA) is 0 Å². The zero-order chi connectivity index (χ0) is 10.0. The summed E-state index contributed by atoms with van der Waals surface area (Å²) in [4.78, 5) is 0. The Labute approximate surface area is 98.9 Å². The lowest BCUT2D eigenvalue weighted by molar-refractivity contribution is 0.839. The van der Waals surface area contributed by atoms with Crippen LogP contribution in [0.3, 0.4) is 0 Å². The van der Waals surface area contributed by atoms with Crippen LogP contribution in [0.1, 0.15) is 18.9 Å². The molecule has 0 nitrogen and oxygen atoms in total. The lowest BCUT2D eigenvalue weighted by atomic mass is 9.94. The molecule has 0 heterocycles. The Morgan fingerprint density at radius 3 is 2.50 bits per heavy atom. The van der Waals surface area contributed by atoms with Crippen LogP contribution in [0.4, 0.5) is 0 Å². The van der Waals surface area contributed by atoms with E-state index in [-0.39, 0.29) is 0 Å². The van der Waals surface area contributed by atoms with Crippen molar-refractivity contribution in [2.75, 3.05) is 0 Å². The quantitative estimate of drug-likeness (QED) is 0.537. The molecule has 1 heteroatoms. The fourth-order valence-electron chi connectivity index (χ4n) is 1.55. The summed E-state index contributed by atoms with van der Waals surface area (Å²) in [6, 6.07) is 10.5. The van der Waals surface area contributed by atoms with Crippen molar-refractivity contribution in [2.45, 2.75) is 16.8 Å². The molecular formula is C13H13I. The molecule has 14 heavy (non-hydrogen) atoms. The van der Waals surface area contributed by atoms with Crippen LogP contribution in [0.25, 0.3) is 5.57 Å². The monoisotopic (exact) mass is 296 g/mol. The molecule has 0 N–H and O–H groups in total. The third kappa shape index (κ3) is 2.27. The van der Waals surface area contributed by atoms with E-state index in [1.54, 1.807) is 0 Å². The summed E-state index contributed by atoms with van der Waals surface area (Å²) in [6.07, 6.45) is 7.96. The van der Waals surface area contributed by atoms with Crippen molar-refractivity contribution in [3.63, 3.8) is 0 Å². The van der Waals surface area contributed by atoms with E-state index in [1.165, 1.54) is 11.1 Å². The van der Waals surface area contributed by atoms with E-state index in [0.717, 1.165) is 6.42 Å². The van der Waals surface area contributed by atoms with Crippen molar-refractivity contribution >= 4 is 28.2 Å². The van der Waals surface area contributed by atoms with Crippen LogP contribution in [-0.4, -0.2) is 3.42 Å². The molecule has 0 spiro atoms. The highest BCUT2D eigenvalue weighted by Crippen LogP contribution is 2.32. The Bertz CT molecular complexity index is 371. The van der Waals surface area contributed by atoms with Crippen LogP contribution in [-0.2, 0) is 0 Å². The van der Waals surface area contributed by atoms with Gasteiger partial charge in [-0.15, -0.1) is 0 Å². The normalized spacial score (nSPS) is 26.0. The first-order chi connectivity index (χ1) is 6.67. The Morgan fingerprint density at radius 2 is 1.93 bits per heavy atom. The van der Waals surface area contributed by atoms with Gasteiger partial charge >= 0.3 is 0 Å². The molecule has 1 aromatic carbocycles. The van der Waals surface area contributed by atoms with Gasteiger partial charge < -0.3 is 0 Å². The zero-order valence-corrected chi connectivity index (χ0v) is 10.4. The van der Waals surface area contributed by atoms with Crippen LogP contribution >= 0.6 is 22.6 Å². The maximum absolute atomic E-state index is 2.49. The second kappa shape index (κ2) is 3.89. The third-order valence-corrected chi connectivity index (χ3v) is 3.24. The molecule has 72 valence electrons. The molecule has 0 fully saturated rings. The summed E-state index contributed by atoms with van der Waals surface area (Å²) in [5.41, 5.74) is 2.66. The van der Waals surface area contributed by atoms with Crippen LogP contribution in [0.15, 0.2) is 48.6 Å². The minimum atomic E-state index is 0.302. The second-order valence-corrected chi connectivity index (χ2v) is 6.31. The highest BCUT2D eigenvalue weighted by molar-refractivity contribution is 14.1. The summed E-state index contributed by atoms with van der Waals surface area (Å²) < 4.78 is 0.302. The van der Waals surface area contributed by atoms with Gasteiger partial charge in [0.05, 0.1) is 0 Å². The van der Waals surface area contributed by atoms with Crippen molar-refractivity contribution in [2.24, 2.45) is 0 Å². The molecule has 1 unspecified atom stereocenters. The molecule has 0 aromatic heterocycles. The number of rotatable bonds is 1. The first-order valence-electron chi connectivity index (χ1n) is 4.81. The second-order valence-electron chi connectivity index (χ2n) is 3.84. The van der Waals surface area contributed by atoms with Crippen LogP contribution in [0.2, 0.25) is 0 Å². The van der Waals surface area contributed by atoms with Gasteiger partial charge in [-0.2, -0.15) is 0 Å². The van der Waals surface area contributed by atoms with Crippen molar-refractivity contribution in [1.82, 2.24) is 0 Å². The fraction of sp³-hybridized carbons (Fsp3) is 0.231. The lowest BCUT2D eigenvalue weighted by Gasteiger charge is -2.20. The largest absolute Gasteiger partial charge is 0.0750 e. The Kier molecular flexibility index (Phi) is 2.77. The summed E-state index contributed by atoms with van der Waals surface area (Å²) in [5, 5.41) is 0. The van der Waals surface area contributed by atoms with E-state index >= 15 is 0 Å². The Morgan fingerprint density at radius 1 is 1.21 bits per heavy atom. The third-order valence-electron chi connectivity index (χ3n) is 2.44. The Hall–Kier alpha value is -0.570. The van der Waals surface area contributed by atoms with Gasteiger partial charge in [-0.25, -0.2) is 0 Å². The maximum Gasteiger partial charge on any atom is 0.0410 e. The average molecular weight is 296 g/mol. The minimum absolute atomic E-state index is 0.302. The van der Waals surface area contributed by atoms with Crippen LogP contribution in [0.5, 0.6) is 0 Å². The van der Waals surface area contributed by atoms with Gasteiger partial charge in [0.15, 0.2) is 0 Å². The number of alkyl halides is 1. The van der Waals surface area contributed by atoms with E-state index in [4.69, 9.17) is 0 Å². The van der Waals surface area contributed by atoms with Crippen molar-refractivity contribution in [3.05, 3.63) is 54.1 Å². The average Bonchev–Trinajstić information content (AvgIpc) is 2.19. The number of benzene rings is 1. The van der Waals surface area contributed by atoms with Gasteiger partial charge in [0.1, 0.15) is 0 Å². The fourth-order valence-corrected chi connectivity index (χ4v) is 1.95. The SMILES string of the molecule is CC1(I)C=CC(c2ccccc2)=CC1. The molecule has 0 radical (unpaired) electrons. The summed E-state index contributed by atoms with van der Waals surface area (Å²) >= 11 is 2.49. The first kappa shape index (κ1) is 9.97. The van der Waals surface area contributed by atoms with Gasteiger partial charge in [-0.3, -0.25) is 0 Å². The van der Waals surface area contributed by atoms with Gasteiger partial charge in [-0.1, -0.05) is 71.2 Å². The molecule has 1 aromatic rings. The standard InChI is InChI=1S/C13H13I/c1-13(14)9-7-12(8-10-13)11-5-3-2-4-6-11/h2-9H,10H2,1H3. The highest BCUT2D eigenvalue weighted by Gasteiger charge is 2.18. The Balaban J connectivity index is 2.25. The van der Waals surface area contributed by atoms with Crippen molar-refractivity contribution < 1.29 is 0 Å². The predicted molar refractivity (Wildman–Crippen MR) is 70.6 cm³/mol. The van der Waals surface area contributed by atoms with E-state index in [0.29, 0.717) is 3.42 Å². The van der Waals surface area contributed by atoms with E-state index in [2.05, 4.69) is 78.1 Å². The molecule has 1 aliphatic carbocycles. The van der Waals surface area contributed by atoms with E-state index in [9.17, 15) is 0 Å². The molecule has 0 saturated heterocycles. The summed E-state index contributed by atoms with van der Waals surface area (Å²) in [7, 11) is 0. The molecule has 0 saturated carbocycles. The van der Waals surface area contributed by atoms with E-state index < -0.39 is 0 Å². The highest BCUT2D eigenvalue weighted by atomic mass is 127. The molecule has 0 aliphatic heterocycles. The van der Waals surface area contributed by atoms with Gasteiger partial charge in [0, 0.05) is 3.42 Å². The van der Waals surface area contributed by atoms with Gasteiger partial charge in [0.25, 0.3) is 0 Å². The molecule has 2 rings (SSSR count). The number of allylic oxidation sites excluding steroid dienone is 4. The van der Waals surface area contributed by atoms with Gasteiger partial charge in [0.2, 0.25) is 0 Å². The molecule has 0 bridgehead atoms. The zero-order valence-electron chi connectivity index (χ0n) is 8.20. The van der Waals surface area contributed by atoms with Crippen LogP contribution < -0.4 is 0 Å². The summed E-state index contributed by atoms with van der Waals surface area (Å²) in [6.45, 7) is 2.25. The molecule has 1 aliphatic rings. The molecule has 0 amide bonds. The maximum atomic E-state index is 2.49. The van der Waals surface area contributed by atoms with Crippen molar-refractivity contribution in [3.8, 4) is 0 Å². The smallest absolute Gasteiger partial charge is 0.0410 e. The molecule has 1 atom stereocenters. The first-order valence-corrected chi connectivity index (χ1v) is 5.89. The van der Waals surface area contributed by atoms with Gasteiger partial charge in [-0.05, 0) is 24.5 Å². The van der Waals surface area contributed by atoms with E-state index in [1.807, 2.05) is 0 Å². The summed E-state index contributed by atoms with van der Waals surface area (Å²) in [5.74, 6) is 0. The number of hydrogen-bond donors (Lipinski definition) is 0. The van der Waals surface area contributed by atoms with Crippen LogP contribution in [0, 0.1) is 0 Å². The predicted octanol–water partition coefficient (Wildman–Crippen LogP) is 4.22. The number of halogens is 1. The minimum Gasteiger partial charge on any atom is -0.0750 e. The van der Waals surface area contributed by atoms with Crippen molar-refractivity contribution in [1.29, 1.82) is 0 Å². The lowest BCUT2D eigenvalue weighted by Crippen LogP contribution is -2.12.